The van der Waals surface area contributed by atoms with Crippen LogP contribution >= 0.6 is 23.2 Å². The number of ether oxygens (including phenoxy) is 1. The maximum Gasteiger partial charge on any atom is 0.434 e. The van der Waals surface area contributed by atoms with E-state index < -0.39 is 68.7 Å². The van der Waals surface area contributed by atoms with E-state index in [1.807, 2.05) is 0 Å². The molecule has 4 aromatic rings. The van der Waals surface area contributed by atoms with Crippen molar-refractivity contribution < 1.29 is 41.4 Å². The fourth-order valence-electron chi connectivity index (χ4n) is 3.69. The number of halogens is 7. The Morgan fingerprint density at radius 2 is 1.78 bits per heavy atom. The monoisotopic (exact) mass is 563 g/mol. The van der Waals surface area contributed by atoms with Crippen molar-refractivity contribution in [2.24, 2.45) is 0 Å². The first kappa shape index (κ1) is 27.0. The van der Waals surface area contributed by atoms with Crippen LogP contribution < -0.4 is 0 Å². The molecule has 0 aliphatic carbocycles. The van der Waals surface area contributed by atoms with Gasteiger partial charge in [0.2, 0.25) is 0 Å². The van der Waals surface area contributed by atoms with Crippen molar-refractivity contribution >= 4 is 23.2 Å². The van der Waals surface area contributed by atoms with E-state index >= 15 is 0 Å². The fraction of sp³-hybridized carbons (Fsp3) is 0.217. The Morgan fingerprint density at radius 3 is 2.38 bits per heavy atom. The quantitative estimate of drug-likeness (QED) is 0.211. The Balaban J connectivity index is 2.05. The SMILES string of the molecule is CC(C)OC(O)(O)c1c(-c2c(F)cc(F)cc2Cl)noc1-c1cnn(-c2cccc(Cl)c2)c1C(F)(F)F. The van der Waals surface area contributed by atoms with Crippen LogP contribution in [-0.4, -0.2) is 31.3 Å². The summed E-state index contributed by atoms with van der Waals surface area (Å²) >= 11 is 11.9. The van der Waals surface area contributed by atoms with Gasteiger partial charge in [-0.15, -0.1) is 0 Å². The smallest absolute Gasteiger partial charge is 0.355 e. The molecule has 2 heterocycles. The zero-order valence-corrected chi connectivity index (χ0v) is 20.3. The van der Waals surface area contributed by atoms with Gasteiger partial charge in [-0.25, -0.2) is 13.5 Å². The third kappa shape index (κ3) is 5.20. The lowest BCUT2D eigenvalue weighted by Gasteiger charge is -2.25. The predicted octanol–water partition coefficient (Wildman–Crippen LogP) is 6.32. The molecule has 2 aromatic heterocycles. The maximum absolute atomic E-state index is 14.8. The topological polar surface area (TPSA) is 93.5 Å². The minimum Gasteiger partial charge on any atom is -0.355 e. The third-order valence-electron chi connectivity index (χ3n) is 5.00. The van der Waals surface area contributed by atoms with E-state index in [2.05, 4.69) is 10.3 Å². The molecule has 0 amide bonds. The highest BCUT2D eigenvalue weighted by Crippen LogP contribution is 2.46. The molecule has 0 fully saturated rings. The summed E-state index contributed by atoms with van der Waals surface area (Å²) in [7, 11) is 0. The number of benzene rings is 2. The Bertz CT molecular complexity index is 1440. The molecule has 37 heavy (non-hydrogen) atoms. The predicted molar refractivity (Wildman–Crippen MR) is 122 cm³/mol. The molecule has 14 heteroatoms. The minimum absolute atomic E-state index is 0.0716. The molecule has 0 aliphatic rings. The highest BCUT2D eigenvalue weighted by molar-refractivity contribution is 6.33. The average molecular weight is 564 g/mol. The van der Waals surface area contributed by atoms with Gasteiger partial charge < -0.3 is 19.5 Å². The highest BCUT2D eigenvalue weighted by atomic mass is 35.5. The van der Waals surface area contributed by atoms with Crippen LogP contribution in [0.15, 0.2) is 47.1 Å². The second kappa shape index (κ2) is 9.69. The van der Waals surface area contributed by atoms with E-state index in [1.165, 1.54) is 38.1 Å². The Labute approximate surface area is 215 Å². The maximum atomic E-state index is 14.8. The average Bonchev–Trinajstić information content (AvgIpc) is 3.37. The summed E-state index contributed by atoms with van der Waals surface area (Å²) in [4.78, 5) is 0. The van der Waals surface area contributed by atoms with Crippen LogP contribution in [-0.2, 0) is 16.9 Å². The number of alkyl halides is 3. The summed E-state index contributed by atoms with van der Waals surface area (Å²) < 4.78 is 82.1. The molecule has 0 bridgehead atoms. The fourth-order valence-corrected chi connectivity index (χ4v) is 4.16. The zero-order chi connectivity index (χ0) is 27.3. The van der Waals surface area contributed by atoms with E-state index in [-0.39, 0.29) is 10.7 Å². The van der Waals surface area contributed by atoms with Gasteiger partial charge in [0.05, 0.1) is 34.1 Å². The van der Waals surface area contributed by atoms with E-state index in [4.69, 9.17) is 32.5 Å². The van der Waals surface area contributed by atoms with Crippen LogP contribution in [0.25, 0.3) is 28.3 Å². The first-order valence-electron chi connectivity index (χ1n) is 10.4. The van der Waals surface area contributed by atoms with E-state index in [0.717, 1.165) is 6.20 Å². The molecule has 0 spiro atoms. The molecule has 196 valence electrons. The second-order valence-corrected chi connectivity index (χ2v) is 8.89. The summed E-state index contributed by atoms with van der Waals surface area (Å²) in [5.41, 5.74) is -4.57. The lowest BCUT2D eigenvalue weighted by atomic mass is 10.00. The van der Waals surface area contributed by atoms with Crippen molar-refractivity contribution in [1.29, 1.82) is 0 Å². The van der Waals surface area contributed by atoms with Crippen molar-refractivity contribution in [2.75, 3.05) is 0 Å². The van der Waals surface area contributed by atoms with Gasteiger partial charge in [0, 0.05) is 11.1 Å². The number of rotatable bonds is 6. The number of hydrogen-bond acceptors (Lipinski definition) is 6. The molecule has 2 aromatic carbocycles. The van der Waals surface area contributed by atoms with Crippen LogP contribution in [0, 0.1) is 11.6 Å². The van der Waals surface area contributed by atoms with E-state index in [9.17, 15) is 32.2 Å². The molecule has 0 aliphatic heterocycles. The molecule has 7 nitrogen and oxygen atoms in total. The Morgan fingerprint density at radius 1 is 1.08 bits per heavy atom. The van der Waals surface area contributed by atoms with Gasteiger partial charge in [-0.2, -0.15) is 18.3 Å². The van der Waals surface area contributed by atoms with E-state index in [0.29, 0.717) is 16.8 Å². The standard InChI is InChI=1S/C23H16Cl2F5N3O4/c1-10(2)36-23(34,35)18-19(17-15(25)7-12(26)8-16(17)27)32-37-20(18)14-9-31-33(21(14)22(28,29)30)13-5-3-4-11(24)6-13/h3-10,34-35H,1-2H3. The molecule has 0 atom stereocenters. The van der Waals surface area contributed by atoms with Gasteiger partial charge >= 0.3 is 12.1 Å². The second-order valence-electron chi connectivity index (χ2n) is 8.05. The van der Waals surface area contributed by atoms with Gasteiger partial charge in [0.25, 0.3) is 0 Å². The zero-order valence-electron chi connectivity index (χ0n) is 18.8. The summed E-state index contributed by atoms with van der Waals surface area (Å²) in [6, 6.07) is 6.51. The number of nitrogens with zero attached hydrogens (tertiary/aromatic N) is 3. The summed E-state index contributed by atoms with van der Waals surface area (Å²) in [6.45, 7) is 2.80. The van der Waals surface area contributed by atoms with E-state index in [1.54, 1.807) is 0 Å². The molecule has 0 saturated heterocycles. The lowest BCUT2D eigenvalue weighted by molar-refractivity contribution is -0.362. The Hall–Kier alpha value is -3.03. The van der Waals surface area contributed by atoms with Crippen molar-refractivity contribution in [3.63, 3.8) is 0 Å². The van der Waals surface area contributed by atoms with Crippen molar-refractivity contribution in [3.05, 3.63) is 75.5 Å². The first-order chi connectivity index (χ1) is 17.2. The molecule has 0 saturated carbocycles. The minimum atomic E-state index is -5.07. The van der Waals surface area contributed by atoms with Gasteiger partial charge in [0.15, 0.2) is 11.5 Å². The number of hydrogen-bond donors (Lipinski definition) is 2. The molecule has 2 N–H and O–H groups in total. The largest absolute Gasteiger partial charge is 0.434 e. The van der Waals surface area contributed by atoms with Gasteiger partial charge in [-0.1, -0.05) is 34.4 Å². The summed E-state index contributed by atoms with van der Waals surface area (Å²) in [6.07, 6.45) is -5.22. The van der Waals surface area contributed by atoms with Crippen molar-refractivity contribution in [1.82, 2.24) is 14.9 Å². The summed E-state index contributed by atoms with van der Waals surface area (Å²) in [5.74, 6) is -6.57. The van der Waals surface area contributed by atoms with Crippen LogP contribution in [0.3, 0.4) is 0 Å². The Kier molecular flexibility index (Phi) is 7.08. The van der Waals surface area contributed by atoms with Gasteiger partial charge in [-0.05, 0) is 38.1 Å². The molecule has 4 rings (SSSR count). The molecule has 0 radical (unpaired) electrons. The lowest BCUT2D eigenvalue weighted by Crippen LogP contribution is -2.32. The van der Waals surface area contributed by atoms with Gasteiger partial charge in [-0.3, -0.25) is 0 Å². The summed E-state index contributed by atoms with van der Waals surface area (Å²) in [5, 5.41) is 28.5. The van der Waals surface area contributed by atoms with Crippen molar-refractivity contribution in [2.45, 2.75) is 32.1 Å². The van der Waals surface area contributed by atoms with Crippen LogP contribution in [0.1, 0.15) is 25.1 Å². The van der Waals surface area contributed by atoms with Crippen LogP contribution in [0.2, 0.25) is 10.0 Å². The van der Waals surface area contributed by atoms with Crippen LogP contribution in [0.5, 0.6) is 0 Å². The normalized spacial score (nSPS) is 12.5. The first-order valence-corrected chi connectivity index (χ1v) is 11.2. The highest BCUT2D eigenvalue weighted by Gasteiger charge is 2.45. The molecular formula is C23H16Cl2F5N3O4. The molecular weight excluding hydrogens is 548 g/mol. The number of aromatic nitrogens is 3. The number of aliphatic hydroxyl groups is 2. The van der Waals surface area contributed by atoms with Gasteiger partial charge in [0.1, 0.15) is 22.9 Å². The van der Waals surface area contributed by atoms with Crippen molar-refractivity contribution in [3.8, 4) is 28.3 Å². The molecule has 0 unspecified atom stereocenters. The van der Waals surface area contributed by atoms with Crippen LogP contribution in [0.4, 0.5) is 22.0 Å². The third-order valence-corrected chi connectivity index (χ3v) is 5.53.